The van der Waals surface area contributed by atoms with Crippen LogP contribution in [-0.4, -0.2) is 15.0 Å². The van der Waals surface area contributed by atoms with Gasteiger partial charge in [0.1, 0.15) is 0 Å². The summed E-state index contributed by atoms with van der Waals surface area (Å²) < 4.78 is 0. The van der Waals surface area contributed by atoms with Crippen molar-refractivity contribution in [3.8, 4) is 0 Å². The molecule has 3 nitrogen and oxygen atoms in total. The number of benzene rings is 1. The fraction of sp³-hybridized carbons (Fsp3) is 0.0625. The number of aryl methyl sites for hydroxylation is 1. The number of rotatable bonds is 0. The lowest BCUT2D eigenvalue weighted by atomic mass is 10.1. The molecule has 0 aliphatic heterocycles. The van der Waals surface area contributed by atoms with Gasteiger partial charge in [-0.25, -0.2) is 15.0 Å². The van der Waals surface area contributed by atoms with E-state index in [0.717, 1.165) is 38.5 Å². The lowest BCUT2D eigenvalue weighted by Gasteiger charge is -2.04. The Morgan fingerprint density at radius 3 is 2.74 bits per heavy atom. The molecule has 3 heteroatoms. The molecule has 0 saturated carbocycles. The van der Waals surface area contributed by atoms with Gasteiger partial charge in [0.05, 0.1) is 11.0 Å². The van der Waals surface area contributed by atoms with E-state index in [-0.39, 0.29) is 0 Å². The fourth-order valence-corrected chi connectivity index (χ4v) is 2.40. The van der Waals surface area contributed by atoms with Gasteiger partial charge in [-0.3, -0.25) is 0 Å². The zero-order valence-electron chi connectivity index (χ0n) is 10.5. The molecular formula is C16H11N3. The van der Waals surface area contributed by atoms with E-state index >= 15 is 0 Å². The van der Waals surface area contributed by atoms with Crippen LogP contribution in [0.2, 0.25) is 0 Å². The highest BCUT2D eigenvalue weighted by Crippen LogP contribution is 2.24. The van der Waals surface area contributed by atoms with Gasteiger partial charge in [0.15, 0.2) is 5.65 Å². The van der Waals surface area contributed by atoms with E-state index in [0.29, 0.717) is 0 Å². The highest BCUT2D eigenvalue weighted by Gasteiger charge is 2.06. The van der Waals surface area contributed by atoms with Gasteiger partial charge in [-0.15, -0.1) is 0 Å². The van der Waals surface area contributed by atoms with E-state index in [2.05, 4.69) is 28.2 Å². The van der Waals surface area contributed by atoms with E-state index in [4.69, 9.17) is 4.98 Å². The van der Waals surface area contributed by atoms with Gasteiger partial charge in [0, 0.05) is 28.0 Å². The maximum Gasteiger partial charge on any atom is 0.161 e. The zero-order valence-corrected chi connectivity index (χ0v) is 10.5. The van der Waals surface area contributed by atoms with Crippen LogP contribution in [0.4, 0.5) is 0 Å². The van der Waals surface area contributed by atoms with E-state index in [1.54, 1.807) is 0 Å². The smallest absolute Gasteiger partial charge is 0.161 e. The zero-order chi connectivity index (χ0) is 12.8. The molecule has 0 amide bonds. The van der Waals surface area contributed by atoms with Crippen LogP contribution in [0.15, 0.2) is 48.7 Å². The number of para-hydroxylation sites is 1. The first-order valence-electron chi connectivity index (χ1n) is 6.23. The second-order valence-electron chi connectivity index (χ2n) is 4.70. The van der Waals surface area contributed by atoms with Crippen molar-refractivity contribution in [1.82, 2.24) is 15.0 Å². The Kier molecular flexibility index (Phi) is 2.03. The number of hydrogen-bond donors (Lipinski definition) is 0. The van der Waals surface area contributed by atoms with Crippen molar-refractivity contribution < 1.29 is 0 Å². The number of pyridine rings is 3. The third kappa shape index (κ3) is 1.55. The van der Waals surface area contributed by atoms with Crippen molar-refractivity contribution in [1.29, 1.82) is 0 Å². The first-order chi connectivity index (χ1) is 9.31. The molecule has 4 rings (SSSR count). The maximum absolute atomic E-state index is 4.76. The SMILES string of the molecule is Cc1ccc2c(ncc3cc4ccccc4nc32)n1. The molecule has 0 spiro atoms. The van der Waals surface area contributed by atoms with Gasteiger partial charge in [-0.1, -0.05) is 18.2 Å². The standard InChI is InChI=1S/C16H11N3/c1-10-6-7-13-15-12(9-17-16(13)18-10)8-11-4-2-3-5-14(11)19-15/h2-9H,1H3. The van der Waals surface area contributed by atoms with Crippen molar-refractivity contribution in [2.45, 2.75) is 6.92 Å². The van der Waals surface area contributed by atoms with E-state index in [1.165, 1.54) is 0 Å². The van der Waals surface area contributed by atoms with Gasteiger partial charge < -0.3 is 0 Å². The first kappa shape index (κ1) is 10.4. The van der Waals surface area contributed by atoms with E-state index < -0.39 is 0 Å². The molecule has 0 radical (unpaired) electrons. The minimum absolute atomic E-state index is 0.760. The van der Waals surface area contributed by atoms with Gasteiger partial charge in [-0.2, -0.15) is 0 Å². The summed E-state index contributed by atoms with van der Waals surface area (Å²) in [5.74, 6) is 0. The Hall–Kier alpha value is -2.55. The van der Waals surface area contributed by atoms with Crippen LogP contribution in [0, 0.1) is 6.92 Å². The average molecular weight is 245 g/mol. The monoisotopic (exact) mass is 245 g/mol. The largest absolute Gasteiger partial charge is 0.247 e. The Morgan fingerprint density at radius 2 is 1.79 bits per heavy atom. The molecule has 0 bridgehead atoms. The summed E-state index contributed by atoms with van der Waals surface area (Å²) in [5, 5.41) is 3.20. The van der Waals surface area contributed by atoms with Crippen molar-refractivity contribution in [2.24, 2.45) is 0 Å². The van der Waals surface area contributed by atoms with Crippen molar-refractivity contribution >= 4 is 32.8 Å². The van der Waals surface area contributed by atoms with E-state index in [9.17, 15) is 0 Å². The number of aromatic nitrogens is 3. The van der Waals surface area contributed by atoms with Crippen molar-refractivity contribution in [3.63, 3.8) is 0 Å². The minimum Gasteiger partial charge on any atom is -0.247 e. The fourth-order valence-electron chi connectivity index (χ4n) is 2.40. The Bertz CT molecular complexity index is 929. The molecule has 3 heterocycles. The second kappa shape index (κ2) is 3.72. The van der Waals surface area contributed by atoms with Gasteiger partial charge in [0.25, 0.3) is 0 Å². The Balaban J connectivity index is 2.22. The molecule has 0 saturated heterocycles. The Morgan fingerprint density at radius 1 is 0.895 bits per heavy atom. The molecule has 0 atom stereocenters. The normalized spacial score (nSPS) is 11.4. The molecule has 90 valence electrons. The molecule has 3 aromatic heterocycles. The average Bonchev–Trinajstić information content (AvgIpc) is 2.44. The summed E-state index contributed by atoms with van der Waals surface area (Å²) in [6, 6.07) is 14.3. The lowest BCUT2D eigenvalue weighted by molar-refractivity contribution is 1.21. The van der Waals surface area contributed by atoms with Crippen LogP contribution in [-0.2, 0) is 0 Å². The number of fused-ring (bicyclic) bond motifs is 4. The topological polar surface area (TPSA) is 38.7 Å². The predicted octanol–water partition coefficient (Wildman–Crippen LogP) is 3.64. The molecule has 1 aromatic carbocycles. The first-order valence-corrected chi connectivity index (χ1v) is 6.23. The van der Waals surface area contributed by atoms with Crippen LogP contribution in [0.1, 0.15) is 5.69 Å². The minimum atomic E-state index is 0.760. The van der Waals surface area contributed by atoms with Crippen molar-refractivity contribution in [2.75, 3.05) is 0 Å². The van der Waals surface area contributed by atoms with Crippen LogP contribution in [0.5, 0.6) is 0 Å². The molecular weight excluding hydrogens is 234 g/mol. The second-order valence-corrected chi connectivity index (χ2v) is 4.70. The van der Waals surface area contributed by atoms with Crippen molar-refractivity contribution in [3.05, 3.63) is 54.4 Å². The molecule has 0 aliphatic rings. The van der Waals surface area contributed by atoms with Gasteiger partial charge in [-0.05, 0) is 31.2 Å². The van der Waals surface area contributed by atoms with Crippen LogP contribution in [0.3, 0.4) is 0 Å². The summed E-state index contributed by atoms with van der Waals surface area (Å²) in [6.07, 6.45) is 1.85. The quantitative estimate of drug-likeness (QED) is 0.350. The summed E-state index contributed by atoms with van der Waals surface area (Å²) in [5.41, 5.74) is 3.70. The highest BCUT2D eigenvalue weighted by atomic mass is 14.9. The van der Waals surface area contributed by atoms with E-state index in [1.807, 2.05) is 37.4 Å². The molecule has 4 aromatic rings. The lowest BCUT2D eigenvalue weighted by Crippen LogP contribution is -1.90. The number of hydrogen-bond acceptors (Lipinski definition) is 3. The third-order valence-electron chi connectivity index (χ3n) is 3.35. The van der Waals surface area contributed by atoms with Crippen LogP contribution < -0.4 is 0 Å². The highest BCUT2D eigenvalue weighted by molar-refractivity contribution is 6.05. The van der Waals surface area contributed by atoms with Gasteiger partial charge >= 0.3 is 0 Å². The molecule has 0 aliphatic carbocycles. The molecule has 19 heavy (non-hydrogen) atoms. The molecule has 0 N–H and O–H groups in total. The summed E-state index contributed by atoms with van der Waals surface area (Å²) in [7, 11) is 0. The van der Waals surface area contributed by atoms with Crippen LogP contribution >= 0.6 is 0 Å². The third-order valence-corrected chi connectivity index (χ3v) is 3.35. The maximum atomic E-state index is 4.76. The summed E-state index contributed by atoms with van der Waals surface area (Å²) >= 11 is 0. The predicted molar refractivity (Wildman–Crippen MR) is 77.1 cm³/mol. The van der Waals surface area contributed by atoms with Crippen LogP contribution in [0.25, 0.3) is 32.8 Å². The molecule has 0 unspecified atom stereocenters. The Labute approximate surface area is 110 Å². The summed E-state index contributed by atoms with van der Waals surface area (Å²) in [6.45, 7) is 1.97. The number of nitrogens with zero attached hydrogens (tertiary/aromatic N) is 3. The van der Waals surface area contributed by atoms with Gasteiger partial charge in [0.2, 0.25) is 0 Å². The summed E-state index contributed by atoms with van der Waals surface area (Å²) in [4.78, 5) is 13.6. The molecule has 0 fully saturated rings.